The van der Waals surface area contributed by atoms with Crippen molar-refractivity contribution in [3.8, 4) is 22.3 Å². The number of rotatable bonds is 8. The molecule has 3 N–H and O–H groups in total. The maximum Gasteiger partial charge on any atom is 0.355 e. The summed E-state index contributed by atoms with van der Waals surface area (Å²) in [5, 5.41) is 4.81. The Kier molecular flexibility index (Phi) is 8.32. The molecule has 0 radical (unpaired) electrons. The molecular weight excluding hydrogens is 635 g/mol. The van der Waals surface area contributed by atoms with Crippen LogP contribution < -0.4 is 0 Å². The molecule has 0 unspecified atom stereocenters. The summed E-state index contributed by atoms with van der Waals surface area (Å²) in [6.45, 7) is 19.6. The molecule has 0 aliphatic heterocycles. The molecule has 264 valence electrons. The Bertz CT molecular complexity index is 2370. The summed E-state index contributed by atoms with van der Waals surface area (Å²) in [5.41, 5.74) is 13.1. The van der Waals surface area contributed by atoms with Crippen molar-refractivity contribution in [2.75, 3.05) is 0 Å². The summed E-state index contributed by atoms with van der Waals surface area (Å²) in [6.07, 6.45) is 2.74. The van der Waals surface area contributed by atoms with Crippen molar-refractivity contribution in [2.45, 2.75) is 106 Å². The molecule has 3 aromatic heterocycles. The van der Waals surface area contributed by atoms with E-state index in [4.69, 9.17) is 9.47 Å². The van der Waals surface area contributed by atoms with E-state index in [0.717, 1.165) is 63.3 Å². The molecular formula is C44H49N3O4. The van der Waals surface area contributed by atoms with Crippen LogP contribution in [-0.4, -0.2) is 38.1 Å². The number of hydrogen-bond donors (Lipinski definition) is 3. The zero-order valence-corrected chi connectivity index (χ0v) is 31.6. The first-order chi connectivity index (χ1) is 24.1. The zero-order chi connectivity index (χ0) is 36.6. The Morgan fingerprint density at radius 3 is 1.57 bits per heavy atom. The summed E-state index contributed by atoms with van der Waals surface area (Å²) in [6, 6.07) is 17.6. The van der Waals surface area contributed by atoms with Crippen molar-refractivity contribution in [1.82, 2.24) is 15.0 Å². The molecule has 7 heteroatoms. The predicted octanol–water partition coefficient (Wildman–Crippen LogP) is 10.5. The monoisotopic (exact) mass is 683 g/mol. The highest BCUT2D eigenvalue weighted by molar-refractivity contribution is 6.24. The van der Waals surface area contributed by atoms with Gasteiger partial charge in [-0.3, -0.25) is 0 Å². The van der Waals surface area contributed by atoms with Gasteiger partial charge in [-0.2, -0.15) is 0 Å². The lowest BCUT2D eigenvalue weighted by atomic mass is 9.94. The van der Waals surface area contributed by atoms with Crippen molar-refractivity contribution >= 4 is 33.5 Å². The van der Waals surface area contributed by atoms with E-state index >= 15 is 0 Å². The number of aromatic amines is 3. The van der Waals surface area contributed by atoms with E-state index in [9.17, 15) is 9.59 Å². The molecule has 51 heavy (non-hydrogen) atoms. The van der Waals surface area contributed by atoms with Crippen LogP contribution in [0, 0.1) is 13.8 Å². The molecule has 7 rings (SSSR count). The highest BCUT2D eigenvalue weighted by Crippen LogP contribution is 2.50. The number of hydrogen-bond acceptors (Lipinski definition) is 4. The van der Waals surface area contributed by atoms with Crippen molar-refractivity contribution in [3.63, 3.8) is 0 Å². The van der Waals surface area contributed by atoms with Crippen LogP contribution in [0.5, 0.6) is 0 Å². The summed E-state index contributed by atoms with van der Waals surface area (Å²) < 4.78 is 11.6. The Hall–Kier alpha value is -5.04. The average molecular weight is 684 g/mol. The minimum Gasteiger partial charge on any atom is -0.455 e. The van der Waals surface area contributed by atoms with Crippen LogP contribution in [0.4, 0.5) is 0 Å². The number of H-pyrrole nitrogens is 3. The van der Waals surface area contributed by atoms with Gasteiger partial charge in [-0.1, -0.05) is 56.3 Å². The molecule has 0 bridgehead atoms. The molecule has 0 amide bonds. The lowest BCUT2D eigenvalue weighted by molar-refractivity contribution is 0.00501. The van der Waals surface area contributed by atoms with Gasteiger partial charge in [-0.05, 0) is 130 Å². The number of carbonyl (C=O) groups excluding carboxylic acids is 2. The van der Waals surface area contributed by atoms with Crippen LogP contribution >= 0.6 is 0 Å². The highest BCUT2D eigenvalue weighted by atomic mass is 16.6. The second-order valence-electron chi connectivity index (χ2n) is 15.9. The van der Waals surface area contributed by atoms with Gasteiger partial charge < -0.3 is 24.4 Å². The Balaban J connectivity index is 1.42. The maximum atomic E-state index is 13.3. The third-order valence-corrected chi connectivity index (χ3v) is 10.2. The van der Waals surface area contributed by atoms with E-state index in [1.54, 1.807) is 0 Å². The van der Waals surface area contributed by atoms with Crippen molar-refractivity contribution in [2.24, 2.45) is 0 Å². The Morgan fingerprint density at radius 1 is 0.569 bits per heavy atom. The van der Waals surface area contributed by atoms with Crippen LogP contribution in [0.15, 0.2) is 48.5 Å². The largest absolute Gasteiger partial charge is 0.455 e. The van der Waals surface area contributed by atoms with Gasteiger partial charge in [0.1, 0.15) is 22.6 Å². The number of nitrogens with one attached hydrogen (secondary N) is 3. The fraction of sp³-hybridized carbons (Fsp3) is 0.364. The first kappa shape index (κ1) is 34.4. The third-order valence-electron chi connectivity index (χ3n) is 10.2. The summed E-state index contributed by atoms with van der Waals surface area (Å²) in [7, 11) is 0. The topological polar surface area (TPSA) is 100.0 Å². The minimum atomic E-state index is -0.596. The predicted molar refractivity (Wildman–Crippen MR) is 206 cm³/mol. The quantitative estimate of drug-likeness (QED) is 0.139. The summed E-state index contributed by atoms with van der Waals surface area (Å²) >= 11 is 0. The van der Waals surface area contributed by atoms with Crippen molar-refractivity contribution < 1.29 is 19.1 Å². The summed E-state index contributed by atoms with van der Waals surface area (Å²) in [4.78, 5) is 37.5. The molecule has 0 spiro atoms. The molecule has 6 aromatic rings. The molecule has 0 fully saturated rings. The van der Waals surface area contributed by atoms with Gasteiger partial charge in [0.15, 0.2) is 0 Å². The second kappa shape index (κ2) is 12.3. The second-order valence-corrected chi connectivity index (χ2v) is 15.9. The first-order valence-electron chi connectivity index (χ1n) is 18.2. The lowest BCUT2D eigenvalue weighted by Gasteiger charge is -2.19. The highest BCUT2D eigenvalue weighted by Gasteiger charge is 2.29. The van der Waals surface area contributed by atoms with Gasteiger partial charge in [-0.15, -0.1) is 0 Å². The number of carbonyl (C=O) groups is 2. The van der Waals surface area contributed by atoms with Crippen LogP contribution in [0.25, 0.3) is 43.8 Å². The van der Waals surface area contributed by atoms with Gasteiger partial charge in [0, 0.05) is 46.4 Å². The van der Waals surface area contributed by atoms with Crippen LogP contribution in [0.3, 0.4) is 0 Å². The molecule has 0 atom stereocenters. The molecule has 1 aliphatic carbocycles. The van der Waals surface area contributed by atoms with E-state index in [2.05, 4.69) is 77.3 Å². The molecule has 0 saturated carbocycles. The van der Waals surface area contributed by atoms with E-state index in [0.29, 0.717) is 24.2 Å². The fourth-order valence-corrected chi connectivity index (χ4v) is 8.09. The van der Waals surface area contributed by atoms with Crippen LogP contribution in [0.2, 0.25) is 0 Å². The number of fused-ring (bicyclic) bond motifs is 5. The molecule has 0 saturated heterocycles. The van der Waals surface area contributed by atoms with Gasteiger partial charge in [0.2, 0.25) is 0 Å². The first-order valence-corrected chi connectivity index (χ1v) is 18.2. The van der Waals surface area contributed by atoms with E-state index in [-0.39, 0.29) is 11.9 Å². The Labute approximate surface area is 300 Å². The fourth-order valence-electron chi connectivity index (χ4n) is 8.09. The number of esters is 2. The average Bonchev–Trinajstić information content (AvgIpc) is 3.76. The van der Waals surface area contributed by atoms with Gasteiger partial charge in [0.05, 0.1) is 0 Å². The smallest absolute Gasteiger partial charge is 0.355 e. The SMILES string of the molecule is CCc1c(Cc2[nH]c(Cc3[nH]c(C(=O)OC(C)(C)C)c(C)c3CC)c3c2cc2c4c(cccc43)-c3ccccc3-2)[nH]c(C(=O)OC(C)(C)C)c1C. The normalized spacial score (nSPS) is 12.6. The zero-order valence-electron chi connectivity index (χ0n) is 31.6. The van der Waals surface area contributed by atoms with Gasteiger partial charge in [-0.25, -0.2) is 9.59 Å². The Morgan fingerprint density at radius 2 is 1.06 bits per heavy atom. The van der Waals surface area contributed by atoms with Crippen LogP contribution in [0.1, 0.15) is 121 Å². The van der Waals surface area contributed by atoms with Crippen molar-refractivity contribution in [1.29, 1.82) is 0 Å². The number of ether oxygens (including phenoxy) is 2. The molecule has 3 heterocycles. The van der Waals surface area contributed by atoms with E-state index in [1.807, 2.05) is 55.4 Å². The lowest BCUT2D eigenvalue weighted by Crippen LogP contribution is -2.24. The maximum absolute atomic E-state index is 13.3. The van der Waals surface area contributed by atoms with E-state index in [1.165, 1.54) is 38.4 Å². The van der Waals surface area contributed by atoms with E-state index < -0.39 is 11.2 Å². The summed E-state index contributed by atoms with van der Waals surface area (Å²) in [5.74, 6) is -0.673. The molecule has 7 nitrogen and oxygen atoms in total. The number of benzene rings is 3. The van der Waals surface area contributed by atoms with Gasteiger partial charge in [0.25, 0.3) is 0 Å². The minimum absolute atomic E-state index is 0.337. The van der Waals surface area contributed by atoms with Crippen LogP contribution in [-0.2, 0) is 35.2 Å². The number of aromatic nitrogens is 3. The molecule has 1 aliphatic rings. The molecule has 3 aromatic carbocycles. The van der Waals surface area contributed by atoms with Gasteiger partial charge >= 0.3 is 11.9 Å². The standard InChI is InChI=1S/C44H49N3O4/c1-11-25-23(3)39(41(48)50-43(5,6)7)46-33(25)21-35-32-20-31-28-17-14-13-16-27(28)29-18-15-19-30(37(29)31)38(32)36(45-35)22-34-26(12-2)24(4)40(47-34)42(49)51-44(8,9)10/h13-20,45-47H,11-12,21-22H2,1-10H3. The van der Waals surface area contributed by atoms with Crippen molar-refractivity contribution in [3.05, 3.63) is 105 Å². The third kappa shape index (κ3) is 5.96.